The zero-order valence-corrected chi connectivity index (χ0v) is 11.3. The molecule has 0 saturated carbocycles. The summed E-state index contributed by atoms with van der Waals surface area (Å²) in [5.41, 5.74) is 2.48. The maximum atomic E-state index is 11.9. The van der Waals surface area contributed by atoms with E-state index in [0.717, 1.165) is 36.8 Å². The standard InChI is InChI=1S/C14H18ClNO2/c1-16-8-12(17)11-7-9-5-3-2-4-6-10(9)13(15)14(11)18/h7,16,18H,2-6,8H2,1H3. The second-order valence-corrected chi connectivity index (χ2v) is 5.12. The number of ketones is 1. The van der Waals surface area contributed by atoms with E-state index in [1.165, 1.54) is 6.42 Å². The van der Waals surface area contributed by atoms with Gasteiger partial charge in [-0.3, -0.25) is 4.79 Å². The van der Waals surface area contributed by atoms with Crippen LogP contribution in [0, 0.1) is 0 Å². The van der Waals surface area contributed by atoms with Crippen LogP contribution in [0.15, 0.2) is 6.07 Å². The molecule has 1 aliphatic rings. The highest BCUT2D eigenvalue weighted by molar-refractivity contribution is 6.33. The molecular weight excluding hydrogens is 250 g/mol. The van der Waals surface area contributed by atoms with E-state index in [4.69, 9.17) is 11.6 Å². The van der Waals surface area contributed by atoms with Crippen molar-refractivity contribution in [3.8, 4) is 5.75 Å². The molecule has 1 aromatic rings. The number of phenols is 1. The van der Waals surface area contributed by atoms with Gasteiger partial charge in [0.1, 0.15) is 5.75 Å². The molecule has 4 heteroatoms. The van der Waals surface area contributed by atoms with E-state index in [9.17, 15) is 9.90 Å². The Morgan fingerprint density at radius 1 is 1.39 bits per heavy atom. The SMILES string of the molecule is CNCC(=O)c1cc2c(c(Cl)c1O)CCCCC2. The zero-order chi connectivity index (χ0) is 13.1. The first-order valence-corrected chi connectivity index (χ1v) is 6.74. The summed E-state index contributed by atoms with van der Waals surface area (Å²) in [6.07, 6.45) is 5.21. The molecule has 0 unspecified atom stereocenters. The predicted molar refractivity (Wildman–Crippen MR) is 72.6 cm³/mol. The molecule has 0 spiro atoms. The number of benzene rings is 1. The van der Waals surface area contributed by atoms with Gasteiger partial charge >= 0.3 is 0 Å². The summed E-state index contributed by atoms with van der Waals surface area (Å²) in [5.74, 6) is -0.179. The lowest BCUT2D eigenvalue weighted by Crippen LogP contribution is -2.19. The van der Waals surface area contributed by atoms with Crippen LogP contribution in [0.1, 0.15) is 40.7 Å². The van der Waals surface area contributed by atoms with Gasteiger partial charge in [-0.2, -0.15) is 0 Å². The molecule has 0 fully saturated rings. The van der Waals surface area contributed by atoms with Gasteiger partial charge in [0, 0.05) is 0 Å². The van der Waals surface area contributed by atoms with Gasteiger partial charge in [0.15, 0.2) is 5.78 Å². The third kappa shape index (κ3) is 2.52. The first-order chi connectivity index (χ1) is 8.65. The Hall–Kier alpha value is -1.06. The van der Waals surface area contributed by atoms with Crippen molar-refractivity contribution in [2.75, 3.05) is 13.6 Å². The molecule has 0 heterocycles. The number of aromatic hydroxyl groups is 1. The number of fused-ring (bicyclic) bond motifs is 1. The van der Waals surface area contributed by atoms with Gasteiger partial charge < -0.3 is 10.4 Å². The molecule has 1 aromatic carbocycles. The number of phenolic OH excluding ortho intramolecular Hbond substituents is 1. The molecule has 98 valence electrons. The largest absolute Gasteiger partial charge is 0.506 e. The van der Waals surface area contributed by atoms with Crippen molar-refractivity contribution in [3.63, 3.8) is 0 Å². The van der Waals surface area contributed by atoms with Crippen LogP contribution in [0.5, 0.6) is 5.75 Å². The molecular formula is C14H18ClNO2. The maximum absolute atomic E-state index is 11.9. The summed E-state index contributed by atoms with van der Waals surface area (Å²) >= 11 is 6.21. The molecule has 18 heavy (non-hydrogen) atoms. The molecule has 0 saturated heterocycles. The van der Waals surface area contributed by atoms with Crippen molar-refractivity contribution in [2.45, 2.75) is 32.1 Å². The van der Waals surface area contributed by atoms with Crippen LogP contribution in [0.4, 0.5) is 0 Å². The van der Waals surface area contributed by atoms with Crippen molar-refractivity contribution in [1.29, 1.82) is 0 Å². The number of likely N-dealkylation sites (N-methyl/N-ethyl adjacent to an activating group) is 1. The lowest BCUT2D eigenvalue weighted by atomic mass is 9.97. The van der Waals surface area contributed by atoms with Crippen LogP contribution in [0.25, 0.3) is 0 Å². The summed E-state index contributed by atoms with van der Waals surface area (Å²) in [7, 11) is 1.71. The summed E-state index contributed by atoms with van der Waals surface area (Å²) in [6.45, 7) is 0.211. The summed E-state index contributed by atoms with van der Waals surface area (Å²) in [6, 6.07) is 1.82. The highest BCUT2D eigenvalue weighted by atomic mass is 35.5. The summed E-state index contributed by atoms with van der Waals surface area (Å²) in [4.78, 5) is 11.9. The summed E-state index contributed by atoms with van der Waals surface area (Å²) in [5, 5.41) is 13.2. The van der Waals surface area contributed by atoms with Crippen molar-refractivity contribution in [2.24, 2.45) is 0 Å². The maximum Gasteiger partial charge on any atom is 0.180 e. The van der Waals surface area contributed by atoms with Crippen molar-refractivity contribution in [3.05, 3.63) is 27.8 Å². The topological polar surface area (TPSA) is 49.3 Å². The van der Waals surface area contributed by atoms with E-state index in [1.807, 2.05) is 6.07 Å². The number of hydrogen-bond acceptors (Lipinski definition) is 3. The quantitative estimate of drug-likeness (QED) is 0.654. The third-order valence-corrected chi connectivity index (χ3v) is 3.85. The molecule has 2 N–H and O–H groups in total. The Morgan fingerprint density at radius 2 is 2.11 bits per heavy atom. The highest BCUT2D eigenvalue weighted by Crippen LogP contribution is 2.37. The second-order valence-electron chi connectivity index (χ2n) is 4.74. The lowest BCUT2D eigenvalue weighted by Gasteiger charge is -2.13. The fourth-order valence-electron chi connectivity index (χ4n) is 2.49. The number of carbonyl (C=O) groups excluding carboxylic acids is 1. The Labute approximate surface area is 112 Å². The molecule has 0 bridgehead atoms. The number of rotatable bonds is 3. The van der Waals surface area contributed by atoms with Crippen LogP contribution in [0.2, 0.25) is 5.02 Å². The Bertz CT molecular complexity index is 471. The van der Waals surface area contributed by atoms with Crippen molar-refractivity contribution in [1.82, 2.24) is 5.32 Å². The van der Waals surface area contributed by atoms with Crippen LogP contribution in [-0.4, -0.2) is 24.5 Å². The third-order valence-electron chi connectivity index (χ3n) is 3.44. The molecule has 0 radical (unpaired) electrons. The minimum atomic E-state index is -0.121. The molecule has 2 rings (SSSR count). The van der Waals surface area contributed by atoms with Crippen LogP contribution >= 0.6 is 11.6 Å². The van der Waals surface area contributed by atoms with E-state index in [-0.39, 0.29) is 18.1 Å². The first-order valence-electron chi connectivity index (χ1n) is 6.36. The molecule has 1 aliphatic carbocycles. The van der Waals surface area contributed by atoms with Gasteiger partial charge in [0.2, 0.25) is 0 Å². The number of hydrogen-bond donors (Lipinski definition) is 2. The molecule has 0 amide bonds. The number of Topliss-reactive ketones (excluding diaryl/α,β-unsaturated/α-hetero) is 1. The van der Waals surface area contributed by atoms with Crippen LogP contribution in [0.3, 0.4) is 0 Å². The average Bonchev–Trinajstić information content (AvgIpc) is 2.59. The molecule has 0 aliphatic heterocycles. The van der Waals surface area contributed by atoms with Gasteiger partial charge in [-0.05, 0) is 49.9 Å². The van der Waals surface area contributed by atoms with Gasteiger partial charge in [-0.1, -0.05) is 18.0 Å². The smallest absolute Gasteiger partial charge is 0.180 e. The number of halogens is 1. The predicted octanol–water partition coefficient (Wildman–Crippen LogP) is 2.72. The van der Waals surface area contributed by atoms with E-state index < -0.39 is 0 Å². The zero-order valence-electron chi connectivity index (χ0n) is 10.6. The molecule has 0 atom stereocenters. The molecule has 3 nitrogen and oxygen atoms in total. The Morgan fingerprint density at radius 3 is 2.83 bits per heavy atom. The van der Waals surface area contributed by atoms with Crippen molar-refractivity contribution >= 4 is 17.4 Å². The normalized spacial score (nSPS) is 15.0. The number of aryl methyl sites for hydroxylation is 1. The van der Waals surface area contributed by atoms with E-state index in [1.54, 1.807) is 7.05 Å². The van der Waals surface area contributed by atoms with Gasteiger partial charge in [-0.25, -0.2) is 0 Å². The van der Waals surface area contributed by atoms with Crippen LogP contribution < -0.4 is 5.32 Å². The van der Waals surface area contributed by atoms with Gasteiger partial charge in [0.25, 0.3) is 0 Å². The number of nitrogens with one attached hydrogen (secondary N) is 1. The fourth-order valence-corrected chi connectivity index (χ4v) is 2.81. The Kier molecular flexibility index (Phi) is 4.25. The van der Waals surface area contributed by atoms with E-state index in [0.29, 0.717) is 10.6 Å². The number of carbonyl (C=O) groups is 1. The minimum absolute atomic E-state index is 0.0578. The van der Waals surface area contributed by atoms with Gasteiger partial charge in [-0.15, -0.1) is 0 Å². The lowest BCUT2D eigenvalue weighted by molar-refractivity contribution is 0.0991. The minimum Gasteiger partial charge on any atom is -0.506 e. The summed E-state index contributed by atoms with van der Waals surface area (Å²) < 4.78 is 0. The average molecular weight is 268 g/mol. The second kappa shape index (κ2) is 5.72. The monoisotopic (exact) mass is 267 g/mol. The fraction of sp³-hybridized carbons (Fsp3) is 0.500. The highest BCUT2D eigenvalue weighted by Gasteiger charge is 2.20. The Balaban J connectivity index is 2.47. The van der Waals surface area contributed by atoms with Crippen molar-refractivity contribution < 1.29 is 9.90 Å². The van der Waals surface area contributed by atoms with Gasteiger partial charge in [0.05, 0.1) is 17.1 Å². The molecule has 0 aromatic heterocycles. The van der Waals surface area contributed by atoms with Crippen LogP contribution in [-0.2, 0) is 12.8 Å². The van der Waals surface area contributed by atoms with E-state index >= 15 is 0 Å². The first kappa shape index (κ1) is 13.4. The van der Waals surface area contributed by atoms with E-state index in [2.05, 4.69) is 5.32 Å².